The van der Waals surface area contributed by atoms with Gasteiger partial charge in [-0.05, 0) is 45.7 Å². The Bertz CT molecular complexity index is 315. The van der Waals surface area contributed by atoms with Crippen LogP contribution < -0.4 is 5.32 Å². The molecule has 0 aliphatic heterocycles. The van der Waals surface area contributed by atoms with Crippen molar-refractivity contribution in [2.24, 2.45) is 11.3 Å². The van der Waals surface area contributed by atoms with E-state index in [2.05, 4.69) is 46.9 Å². The zero-order valence-corrected chi connectivity index (χ0v) is 16.0. The number of nitrogens with one attached hydrogen (secondary N) is 1. The zero-order valence-electron chi connectivity index (χ0n) is 16.0. The van der Waals surface area contributed by atoms with Crippen LogP contribution in [-0.4, -0.2) is 37.0 Å². The fourth-order valence-electron chi connectivity index (χ4n) is 2.17. The molecule has 126 valence electrons. The number of hydrogen-bond donors (Lipinski definition) is 1. The first-order valence-corrected chi connectivity index (χ1v) is 8.11. The van der Waals surface area contributed by atoms with Crippen molar-refractivity contribution in [1.29, 1.82) is 0 Å². The van der Waals surface area contributed by atoms with E-state index in [0.29, 0.717) is 5.92 Å². The normalized spacial score (nSPS) is 12.6. The van der Waals surface area contributed by atoms with Crippen LogP contribution in [0.1, 0.15) is 61.8 Å². The quantitative estimate of drug-likeness (QED) is 0.718. The number of amides is 1. The van der Waals surface area contributed by atoms with E-state index in [4.69, 9.17) is 0 Å². The number of carbonyl (C=O) groups excluding carboxylic acids is 1. The molecule has 3 heteroatoms. The predicted octanol–water partition coefficient (Wildman–Crippen LogP) is 4.10. The highest BCUT2D eigenvalue weighted by Crippen LogP contribution is 2.36. The zero-order chi connectivity index (χ0) is 17.3. The first-order chi connectivity index (χ1) is 9.48. The summed E-state index contributed by atoms with van der Waals surface area (Å²) in [5, 5.41) is 3.13. The Morgan fingerprint density at radius 3 is 2.00 bits per heavy atom. The van der Waals surface area contributed by atoms with E-state index in [0.717, 1.165) is 13.0 Å². The summed E-state index contributed by atoms with van der Waals surface area (Å²) in [6, 6.07) is 0. The monoisotopic (exact) mass is 298 g/mol. The Morgan fingerprint density at radius 1 is 1.14 bits per heavy atom. The standard InChI is InChI=1S/C16H32N2O.C2H6/c1-13(2)12-15(3,4)16(5,6)17-14(19)10-9-11-18(7)8;1-2/h9-10,13H,11-12H2,1-8H3,(H,17,19);1-2H3/b10-9+;. The van der Waals surface area contributed by atoms with E-state index in [-0.39, 0.29) is 16.9 Å². The van der Waals surface area contributed by atoms with Gasteiger partial charge < -0.3 is 10.2 Å². The molecule has 3 nitrogen and oxygen atoms in total. The summed E-state index contributed by atoms with van der Waals surface area (Å²) < 4.78 is 0. The van der Waals surface area contributed by atoms with Crippen molar-refractivity contribution in [3.05, 3.63) is 12.2 Å². The third kappa shape index (κ3) is 9.67. The van der Waals surface area contributed by atoms with Gasteiger partial charge in [0.2, 0.25) is 5.91 Å². The summed E-state index contributed by atoms with van der Waals surface area (Å²) in [6.07, 6.45) is 4.61. The topological polar surface area (TPSA) is 32.3 Å². The molecule has 0 aromatic rings. The molecule has 0 spiro atoms. The minimum absolute atomic E-state index is 0.0105. The lowest BCUT2D eigenvalue weighted by atomic mass is 9.69. The summed E-state index contributed by atoms with van der Waals surface area (Å²) in [6.45, 7) is 17.9. The lowest BCUT2D eigenvalue weighted by Crippen LogP contribution is -2.53. The molecular weight excluding hydrogens is 260 g/mol. The lowest BCUT2D eigenvalue weighted by molar-refractivity contribution is -0.119. The van der Waals surface area contributed by atoms with Gasteiger partial charge in [-0.15, -0.1) is 0 Å². The van der Waals surface area contributed by atoms with Gasteiger partial charge in [-0.25, -0.2) is 0 Å². The van der Waals surface area contributed by atoms with Crippen LogP contribution in [0, 0.1) is 11.3 Å². The maximum Gasteiger partial charge on any atom is 0.244 e. The molecule has 0 radical (unpaired) electrons. The second-order valence-electron chi connectivity index (χ2n) is 7.26. The van der Waals surface area contributed by atoms with E-state index in [1.54, 1.807) is 6.08 Å². The molecule has 1 amide bonds. The number of likely N-dealkylation sites (N-methyl/N-ethyl adjacent to an activating group) is 1. The Balaban J connectivity index is 0. The van der Waals surface area contributed by atoms with Crippen LogP contribution in [0.25, 0.3) is 0 Å². The molecule has 0 unspecified atom stereocenters. The minimum Gasteiger partial charge on any atom is -0.347 e. The van der Waals surface area contributed by atoms with Gasteiger partial charge in [-0.1, -0.05) is 47.6 Å². The number of nitrogens with zero attached hydrogens (tertiary/aromatic N) is 1. The van der Waals surface area contributed by atoms with Crippen LogP contribution in [0.5, 0.6) is 0 Å². The molecule has 0 heterocycles. The Hall–Kier alpha value is -0.830. The van der Waals surface area contributed by atoms with E-state index >= 15 is 0 Å². The number of hydrogen-bond acceptors (Lipinski definition) is 2. The number of carbonyl (C=O) groups is 1. The Labute approximate surface area is 133 Å². The first kappa shape index (κ1) is 22.5. The van der Waals surface area contributed by atoms with Crippen LogP contribution in [0.2, 0.25) is 0 Å². The van der Waals surface area contributed by atoms with Crippen molar-refractivity contribution in [2.75, 3.05) is 20.6 Å². The van der Waals surface area contributed by atoms with Crippen LogP contribution in [0.4, 0.5) is 0 Å². The fraction of sp³-hybridized carbons (Fsp3) is 0.833. The molecule has 21 heavy (non-hydrogen) atoms. The predicted molar refractivity (Wildman–Crippen MR) is 94.5 cm³/mol. The van der Waals surface area contributed by atoms with Gasteiger partial charge in [0.15, 0.2) is 0 Å². The lowest BCUT2D eigenvalue weighted by Gasteiger charge is -2.43. The molecule has 0 aliphatic carbocycles. The largest absolute Gasteiger partial charge is 0.347 e. The van der Waals surface area contributed by atoms with Crippen molar-refractivity contribution >= 4 is 5.91 Å². The highest BCUT2D eigenvalue weighted by atomic mass is 16.1. The third-order valence-corrected chi connectivity index (χ3v) is 3.79. The molecule has 0 saturated heterocycles. The smallest absolute Gasteiger partial charge is 0.244 e. The maximum absolute atomic E-state index is 12.0. The van der Waals surface area contributed by atoms with Gasteiger partial charge in [0.05, 0.1) is 0 Å². The minimum atomic E-state index is -0.225. The van der Waals surface area contributed by atoms with Gasteiger partial charge in [-0.2, -0.15) is 0 Å². The summed E-state index contributed by atoms with van der Waals surface area (Å²) in [7, 11) is 3.97. The molecule has 0 rings (SSSR count). The van der Waals surface area contributed by atoms with Crippen molar-refractivity contribution in [3.63, 3.8) is 0 Å². The average molecular weight is 299 g/mol. The summed E-state index contributed by atoms with van der Waals surface area (Å²) in [5.41, 5.74) is -0.164. The SMILES string of the molecule is CC.CC(C)CC(C)(C)C(C)(C)NC(=O)/C=C/CN(C)C. The van der Waals surface area contributed by atoms with Crippen molar-refractivity contribution < 1.29 is 4.79 Å². The summed E-state index contributed by atoms with van der Waals surface area (Å²) in [4.78, 5) is 14.0. The number of rotatable bonds is 7. The van der Waals surface area contributed by atoms with Gasteiger partial charge in [-0.3, -0.25) is 4.79 Å². The van der Waals surface area contributed by atoms with Gasteiger partial charge in [0.25, 0.3) is 0 Å². The maximum atomic E-state index is 12.0. The Morgan fingerprint density at radius 2 is 1.62 bits per heavy atom. The van der Waals surface area contributed by atoms with E-state index in [9.17, 15) is 4.79 Å². The molecule has 0 bridgehead atoms. The average Bonchev–Trinajstić information content (AvgIpc) is 2.28. The molecule has 0 aromatic carbocycles. The van der Waals surface area contributed by atoms with Crippen LogP contribution in [0.15, 0.2) is 12.2 Å². The van der Waals surface area contributed by atoms with Gasteiger partial charge in [0, 0.05) is 18.2 Å². The van der Waals surface area contributed by atoms with Crippen LogP contribution in [-0.2, 0) is 4.79 Å². The summed E-state index contributed by atoms with van der Waals surface area (Å²) in [5.74, 6) is 0.610. The molecular formula is C18H38N2O. The second-order valence-corrected chi connectivity index (χ2v) is 7.26. The van der Waals surface area contributed by atoms with E-state index < -0.39 is 0 Å². The molecule has 0 aromatic heterocycles. The Kier molecular flexibility index (Phi) is 10.7. The van der Waals surface area contributed by atoms with Crippen molar-refractivity contribution in [2.45, 2.75) is 67.3 Å². The van der Waals surface area contributed by atoms with Crippen molar-refractivity contribution in [1.82, 2.24) is 10.2 Å². The first-order valence-electron chi connectivity index (χ1n) is 8.11. The molecule has 0 fully saturated rings. The van der Waals surface area contributed by atoms with E-state index in [1.807, 2.05) is 38.9 Å². The molecule has 0 aliphatic rings. The summed E-state index contributed by atoms with van der Waals surface area (Å²) >= 11 is 0. The molecule has 1 N–H and O–H groups in total. The third-order valence-electron chi connectivity index (χ3n) is 3.79. The molecule has 0 atom stereocenters. The van der Waals surface area contributed by atoms with Gasteiger partial charge >= 0.3 is 0 Å². The second kappa shape index (κ2) is 9.99. The fourth-order valence-corrected chi connectivity index (χ4v) is 2.17. The van der Waals surface area contributed by atoms with Gasteiger partial charge in [0.1, 0.15) is 0 Å². The van der Waals surface area contributed by atoms with Crippen molar-refractivity contribution in [3.8, 4) is 0 Å². The molecule has 0 saturated carbocycles. The van der Waals surface area contributed by atoms with Crippen LogP contribution >= 0.6 is 0 Å². The highest BCUT2D eigenvalue weighted by Gasteiger charge is 2.37. The van der Waals surface area contributed by atoms with E-state index in [1.165, 1.54) is 0 Å². The van der Waals surface area contributed by atoms with Crippen LogP contribution in [0.3, 0.4) is 0 Å². The highest BCUT2D eigenvalue weighted by molar-refractivity contribution is 5.88.